The van der Waals surface area contributed by atoms with Gasteiger partial charge in [0, 0.05) is 12.3 Å². The van der Waals surface area contributed by atoms with Crippen molar-refractivity contribution in [2.45, 2.75) is 34.9 Å². The number of carbonyl (C=O) groups is 1. The maximum absolute atomic E-state index is 11.4. The molecule has 2 atom stereocenters. The third-order valence-corrected chi connectivity index (χ3v) is 4.72. The molecule has 0 bridgehead atoms. The van der Waals surface area contributed by atoms with Crippen molar-refractivity contribution in [1.29, 1.82) is 0 Å². The lowest BCUT2D eigenvalue weighted by atomic mass is 10.2. The Kier molecular flexibility index (Phi) is 7.62. The molecule has 0 aliphatic rings. The number of alkyl halides is 4. The Labute approximate surface area is 129 Å². The summed E-state index contributed by atoms with van der Waals surface area (Å²) in [6.45, 7) is 5.29. The second kappa shape index (κ2) is 7.39. The molecule has 0 spiro atoms. The lowest BCUT2D eigenvalue weighted by Crippen LogP contribution is -2.37. The highest BCUT2D eigenvalue weighted by atomic mass is 35.6. The zero-order valence-corrected chi connectivity index (χ0v) is 14.0. The van der Waals surface area contributed by atoms with Gasteiger partial charge in [-0.1, -0.05) is 34.8 Å². The molecule has 0 heterocycles. The highest BCUT2D eigenvalue weighted by Crippen LogP contribution is 2.31. The SMILES string of the molecule is CC(C)(C)OC(=O)NCC(Cl)CS(=O)C(Cl)(Cl)Cl. The van der Waals surface area contributed by atoms with Gasteiger partial charge in [-0.3, -0.25) is 4.21 Å². The Morgan fingerprint density at radius 2 is 1.83 bits per heavy atom. The molecule has 2 unspecified atom stereocenters. The topological polar surface area (TPSA) is 55.4 Å². The Bertz CT molecular complexity index is 314. The van der Waals surface area contributed by atoms with Crippen molar-refractivity contribution in [3.8, 4) is 0 Å². The van der Waals surface area contributed by atoms with Crippen molar-refractivity contribution in [2.24, 2.45) is 0 Å². The second-order valence-corrected chi connectivity index (χ2v) is 9.65. The van der Waals surface area contributed by atoms with Crippen LogP contribution in [0.15, 0.2) is 0 Å². The van der Waals surface area contributed by atoms with Crippen LogP contribution in [0.4, 0.5) is 4.79 Å². The van der Waals surface area contributed by atoms with Crippen LogP contribution in [0.3, 0.4) is 0 Å². The van der Waals surface area contributed by atoms with Gasteiger partial charge in [0.05, 0.1) is 16.2 Å². The molecule has 108 valence electrons. The molecule has 4 nitrogen and oxygen atoms in total. The maximum atomic E-state index is 11.4. The van der Waals surface area contributed by atoms with E-state index < -0.39 is 31.0 Å². The molecule has 9 heteroatoms. The van der Waals surface area contributed by atoms with Gasteiger partial charge in [-0.25, -0.2) is 4.79 Å². The quantitative estimate of drug-likeness (QED) is 0.785. The normalized spacial score (nSPS) is 15.9. The van der Waals surface area contributed by atoms with Gasteiger partial charge in [-0.05, 0) is 20.8 Å². The first-order valence-electron chi connectivity index (χ1n) is 4.98. The Morgan fingerprint density at radius 3 is 2.22 bits per heavy atom. The largest absolute Gasteiger partial charge is 0.444 e. The van der Waals surface area contributed by atoms with Crippen molar-refractivity contribution in [2.75, 3.05) is 12.3 Å². The van der Waals surface area contributed by atoms with Crippen molar-refractivity contribution in [3.05, 3.63) is 0 Å². The van der Waals surface area contributed by atoms with E-state index in [-0.39, 0.29) is 12.3 Å². The van der Waals surface area contributed by atoms with Crippen molar-refractivity contribution in [1.82, 2.24) is 5.32 Å². The summed E-state index contributed by atoms with van der Waals surface area (Å²) in [6.07, 6.45) is -0.604. The molecule has 0 saturated carbocycles. The van der Waals surface area contributed by atoms with Crippen LogP contribution in [-0.4, -0.2) is 36.7 Å². The summed E-state index contributed by atoms with van der Waals surface area (Å²) >= 11 is 22.2. The minimum atomic E-state index is -1.88. The van der Waals surface area contributed by atoms with Gasteiger partial charge in [-0.15, -0.1) is 11.6 Å². The molecular weight excluding hydrogens is 344 g/mol. The minimum absolute atomic E-state index is 0.0478. The number of carbonyl (C=O) groups excluding carboxylic acids is 1. The molecule has 18 heavy (non-hydrogen) atoms. The summed E-state index contributed by atoms with van der Waals surface area (Å²) in [5.41, 5.74) is -0.591. The van der Waals surface area contributed by atoms with Crippen LogP contribution in [0.2, 0.25) is 0 Å². The lowest BCUT2D eigenvalue weighted by Gasteiger charge is -2.20. The number of rotatable bonds is 4. The molecule has 1 amide bonds. The van der Waals surface area contributed by atoms with Crippen LogP contribution in [0.1, 0.15) is 20.8 Å². The summed E-state index contributed by atoms with van der Waals surface area (Å²) in [5.74, 6) is -0.0478. The summed E-state index contributed by atoms with van der Waals surface area (Å²) in [7, 11) is -1.73. The van der Waals surface area contributed by atoms with E-state index >= 15 is 0 Å². The summed E-state index contributed by atoms with van der Waals surface area (Å²) in [4.78, 5) is 11.3. The summed E-state index contributed by atoms with van der Waals surface area (Å²) in [5, 5.41) is 1.82. The molecular formula is C9H15Cl4NO3S. The third-order valence-electron chi connectivity index (χ3n) is 1.46. The summed E-state index contributed by atoms with van der Waals surface area (Å²) < 4.78 is 14.6. The minimum Gasteiger partial charge on any atom is -0.444 e. The molecule has 0 rings (SSSR count). The third kappa shape index (κ3) is 9.50. The number of nitrogens with one attached hydrogen (secondary N) is 1. The van der Waals surface area contributed by atoms with Crippen LogP contribution in [0, 0.1) is 0 Å². The molecule has 0 aromatic rings. The zero-order valence-electron chi connectivity index (χ0n) is 10.1. The monoisotopic (exact) mass is 357 g/mol. The van der Waals surface area contributed by atoms with E-state index in [1.54, 1.807) is 20.8 Å². The Morgan fingerprint density at radius 1 is 1.33 bits per heavy atom. The van der Waals surface area contributed by atoms with Gasteiger partial charge >= 0.3 is 6.09 Å². The van der Waals surface area contributed by atoms with E-state index in [2.05, 4.69) is 5.32 Å². The molecule has 0 fully saturated rings. The van der Waals surface area contributed by atoms with Crippen molar-refractivity contribution in [3.63, 3.8) is 0 Å². The predicted octanol–water partition coefficient (Wildman–Crippen LogP) is 3.19. The van der Waals surface area contributed by atoms with Gasteiger partial charge < -0.3 is 10.1 Å². The Hall–Kier alpha value is 0.580. The van der Waals surface area contributed by atoms with Gasteiger partial charge in [0.1, 0.15) is 5.60 Å². The van der Waals surface area contributed by atoms with E-state index in [0.717, 1.165) is 0 Å². The molecule has 1 N–H and O–H groups in total. The first-order valence-corrected chi connectivity index (χ1v) is 7.87. The lowest BCUT2D eigenvalue weighted by molar-refractivity contribution is 0.0528. The second-order valence-electron chi connectivity index (χ2n) is 4.44. The van der Waals surface area contributed by atoms with Crippen LogP contribution < -0.4 is 5.32 Å². The standard InChI is InChI=1S/C9H15Cl4NO3S/c1-8(2,3)17-7(15)14-4-6(10)5-18(16)9(11,12)13/h6H,4-5H2,1-3H3,(H,14,15). The Balaban J connectivity index is 4.02. The van der Waals surface area contributed by atoms with Crippen LogP contribution in [0.5, 0.6) is 0 Å². The molecule has 0 aliphatic heterocycles. The van der Waals surface area contributed by atoms with Crippen molar-refractivity contribution >= 4 is 63.3 Å². The van der Waals surface area contributed by atoms with E-state index in [9.17, 15) is 9.00 Å². The first-order chi connectivity index (χ1) is 7.92. The fourth-order valence-electron chi connectivity index (χ4n) is 0.826. The van der Waals surface area contributed by atoms with E-state index in [1.165, 1.54) is 0 Å². The molecule has 0 radical (unpaired) electrons. The number of halogens is 4. The van der Waals surface area contributed by atoms with E-state index in [1.807, 2.05) is 0 Å². The molecule has 0 aromatic heterocycles. The van der Waals surface area contributed by atoms with E-state index in [0.29, 0.717) is 0 Å². The molecule has 0 saturated heterocycles. The smallest absolute Gasteiger partial charge is 0.407 e. The van der Waals surface area contributed by atoms with Gasteiger partial charge in [0.25, 0.3) is 3.12 Å². The van der Waals surface area contributed by atoms with Crippen molar-refractivity contribution < 1.29 is 13.7 Å². The van der Waals surface area contributed by atoms with Gasteiger partial charge in [0.2, 0.25) is 0 Å². The highest BCUT2D eigenvalue weighted by Gasteiger charge is 2.30. The average molecular weight is 359 g/mol. The van der Waals surface area contributed by atoms with Crippen LogP contribution in [-0.2, 0) is 15.5 Å². The number of hydrogen-bond donors (Lipinski definition) is 1. The number of amides is 1. The van der Waals surface area contributed by atoms with Gasteiger partial charge in [0.15, 0.2) is 0 Å². The zero-order chi connectivity index (χ0) is 14.6. The van der Waals surface area contributed by atoms with Gasteiger partial charge in [-0.2, -0.15) is 0 Å². The number of alkyl carbamates (subject to hydrolysis) is 1. The maximum Gasteiger partial charge on any atom is 0.407 e. The molecule has 0 aliphatic carbocycles. The molecule has 0 aromatic carbocycles. The fraction of sp³-hybridized carbons (Fsp3) is 0.889. The average Bonchev–Trinajstić information content (AvgIpc) is 2.10. The first kappa shape index (κ1) is 18.6. The fourth-order valence-corrected chi connectivity index (χ4v) is 2.45. The number of hydrogen-bond acceptors (Lipinski definition) is 3. The highest BCUT2D eigenvalue weighted by molar-refractivity contribution is 7.91. The summed E-state index contributed by atoms with van der Waals surface area (Å²) in [6, 6.07) is 0. The van der Waals surface area contributed by atoms with Crippen LogP contribution >= 0.6 is 46.4 Å². The number of ether oxygens (including phenoxy) is 1. The van der Waals surface area contributed by atoms with Crippen LogP contribution in [0.25, 0.3) is 0 Å². The van der Waals surface area contributed by atoms with E-state index in [4.69, 9.17) is 51.1 Å². The predicted molar refractivity (Wildman–Crippen MR) is 77.2 cm³/mol.